The Balaban J connectivity index is 1.32. The largest absolute Gasteiger partial charge is 0.394 e. The van der Waals surface area contributed by atoms with E-state index in [2.05, 4.69) is 55.6 Å². The van der Waals surface area contributed by atoms with E-state index < -0.39 is 124 Å². The Morgan fingerprint density at radius 3 is 1.00 bits per heavy atom. The molecule has 1 amide bonds. The monoisotopic (exact) mass is 1510 g/mol. The van der Waals surface area contributed by atoms with Gasteiger partial charge in [0.15, 0.2) is 18.9 Å². The van der Waals surface area contributed by atoms with Gasteiger partial charge in [-0.15, -0.1) is 0 Å². The van der Waals surface area contributed by atoms with Gasteiger partial charge in [0.05, 0.1) is 38.6 Å². The first-order chi connectivity index (χ1) is 51.8. The summed E-state index contributed by atoms with van der Waals surface area (Å²) in [6.45, 7) is 1.76. The van der Waals surface area contributed by atoms with Crippen LogP contribution in [0.2, 0.25) is 0 Å². The maximum Gasteiger partial charge on any atom is 0.220 e. The van der Waals surface area contributed by atoms with E-state index in [9.17, 15) is 61.0 Å². The summed E-state index contributed by atoms with van der Waals surface area (Å²) in [5.41, 5.74) is 0. The van der Waals surface area contributed by atoms with Crippen LogP contribution in [0.4, 0.5) is 0 Å². The van der Waals surface area contributed by atoms with Crippen LogP contribution in [0.15, 0.2) is 48.6 Å². The van der Waals surface area contributed by atoms with Crippen LogP contribution in [0.5, 0.6) is 0 Å². The number of hydrogen-bond acceptors (Lipinski definition) is 18. The van der Waals surface area contributed by atoms with Gasteiger partial charge in [-0.05, 0) is 64.2 Å². The van der Waals surface area contributed by atoms with Crippen molar-refractivity contribution in [2.45, 2.75) is 471 Å². The standard InChI is InChI=1S/C87H161NO18/c1-3-5-7-9-11-13-15-17-19-21-23-25-27-29-30-31-32-33-34-35-36-37-38-39-40-41-43-45-47-49-51-53-55-57-59-61-63-65-75(93)88-70(71(92)64-62-60-58-56-54-52-50-48-46-44-42-28-26-24-22-20-18-16-14-12-10-8-6-4-2)69-101-85-81(99)78(96)83(73(67-90)103-85)106-87-82(100)79(97)84(74(68-91)104-87)105-86-80(98)77(95)76(94)72(66-89)102-86/h15,17,21,23,54,56,62,64,70-74,76-87,89-92,94-100H,3-14,16,18-20,22,24-53,55,57-61,63,65-69H2,1-2H3,(H,88,93)/b17-15-,23-21-,56-54+,64-62+. The number of rotatable bonds is 71. The van der Waals surface area contributed by atoms with E-state index in [1.165, 1.54) is 289 Å². The predicted molar refractivity (Wildman–Crippen MR) is 425 cm³/mol. The van der Waals surface area contributed by atoms with E-state index in [0.717, 1.165) is 44.9 Å². The van der Waals surface area contributed by atoms with Gasteiger partial charge in [0.25, 0.3) is 0 Å². The van der Waals surface area contributed by atoms with Crippen molar-refractivity contribution >= 4 is 5.91 Å². The molecule has 17 unspecified atom stereocenters. The van der Waals surface area contributed by atoms with Crippen LogP contribution in [0.25, 0.3) is 0 Å². The van der Waals surface area contributed by atoms with Gasteiger partial charge in [-0.3, -0.25) is 4.79 Å². The van der Waals surface area contributed by atoms with Crippen molar-refractivity contribution in [1.29, 1.82) is 0 Å². The number of ether oxygens (including phenoxy) is 6. The number of amides is 1. The Labute approximate surface area is 643 Å². The lowest BCUT2D eigenvalue weighted by atomic mass is 9.96. The topological polar surface area (TPSA) is 307 Å². The Kier molecular flexibility index (Phi) is 62.2. The van der Waals surface area contributed by atoms with Crippen LogP contribution in [0.3, 0.4) is 0 Å². The first-order valence-corrected chi connectivity index (χ1v) is 43.9. The lowest BCUT2D eigenvalue weighted by molar-refractivity contribution is -0.379. The van der Waals surface area contributed by atoms with Crippen LogP contribution in [-0.2, 0) is 33.2 Å². The molecule has 3 heterocycles. The molecule has 12 N–H and O–H groups in total. The van der Waals surface area contributed by atoms with Crippen molar-refractivity contribution < 1.29 is 89.4 Å². The van der Waals surface area contributed by atoms with E-state index in [4.69, 9.17) is 28.4 Å². The van der Waals surface area contributed by atoms with Crippen LogP contribution in [0, 0.1) is 0 Å². The highest BCUT2D eigenvalue weighted by Crippen LogP contribution is 2.33. The zero-order valence-electron chi connectivity index (χ0n) is 66.9. The molecule has 3 aliphatic rings. The lowest BCUT2D eigenvalue weighted by Gasteiger charge is -2.48. The number of aliphatic hydroxyl groups excluding tert-OH is 11. The maximum absolute atomic E-state index is 13.5. The summed E-state index contributed by atoms with van der Waals surface area (Å²) in [6.07, 6.45) is 59.8. The fourth-order valence-electron chi connectivity index (χ4n) is 14.8. The lowest BCUT2D eigenvalue weighted by Crippen LogP contribution is -2.66. The molecule has 0 spiro atoms. The third kappa shape index (κ3) is 46.1. The molecule has 3 aliphatic heterocycles. The molecule has 0 aromatic rings. The number of aliphatic hydroxyl groups is 11. The molecule has 0 radical (unpaired) electrons. The fourth-order valence-corrected chi connectivity index (χ4v) is 14.8. The molecule has 3 saturated heterocycles. The average Bonchev–Trinajstić information content (AvgIpc) is 0.780. The normalized spacial score (nSPS) is 25.8. The SMILES string of the molecule is CCCCCCC/C=C\C/C=C\CCCCCCCCCCCCCCCCCCCCCCCCCCCC(=O)NC(COC1OC(CO)C(OC2OC(CO)C(OC3OC(CO)C(O)C(O)C3O)C(O)C2O)C(O)C1O)C(O)/C=C/CC/C=C/CCCCCCCCCCCCCCCCCCCC. The minimum absolute atomic E-state index is 0.239. The van der Waals surface area contributed by atoms with E-state index in [1.807, 2.05) is 6.08 Å². The second kappa shape index (κ2) is 67.3. The number of carbonyl (C=O) groups excluding carboxylic acids is 1. The number of unbranched alkanes of at least 4 members (excludes halogenated alkanes) is 49. The number of nitrogens with one attached hydrogen (secondary N) is 1. The van der Waals surface area contributed by atoms with Gasteiger partial charge in [0.2, 0.25) is 5.91 Å². The van der Waals surface area contributed by atoms with E-state index >= 15 is 0 Å². The zero-order valence-corrected chi connectivity index (χ0v) is 66.9. The molecular formula is C87H161NO18. The highest BCUT2D eigenvalue weighted by molar-refractivity contribution is 5.76. The first kappa shape index (κ1) is 97.9. The minimum Gasteiger partial charge on any atom is -0.394 e. The average molecular weight is 1510 g/mol. The van der Waals surface area contributed by atoms with Crippen molar-refractivity contribution in [1.82, 2.24) is 5.32 Å². The van der Waals surface area contributed by atoms with Gasteiger partial charge in [-0.2, -0.15) is 0 Å². The number of hydrogen-bond donors (Lipinski definition) is 12. The summed E-state index contributed by atoms with van der Waals surface area (Å²) in [6, 6.07) is -0.991. The summed E-state index contributed by atoms with van der Waals surface area (Å²) < 4.78 is 34.5. The molecule has 622 valence electrons. The van der Waals surface area contributed by atoms with Crippen LogP contribution >= 0.6 is 0 Å². The van der Waals surface area contributed by atoms with Crippen molar-refractivity contribution in [3.8, 4) is 0 Å². The molecule has 106 heavy (non-hydrogen) atoms. The summed E-state index contributed by atoms with van der Waals surface area (Å²) in [5, 5.41) is 121. The van der Waals surface area contributed by atoms with Crippen LogP contribution < -0.4 is 5.32 Å². The van der Waals surface area contributed by atoms with Crippen molar-refractivity contribution in [2.75, 3.05) is 26.4 Å². The van der Waals surface area contributed by atoms with Crippen LogP contribution in [0.1, 0.15) is 367 Å². The molecule has 19 nitrogen and oxygen atoms in total. The molecule has 0 bridgehead atoms. The van der Waals surface area contributed by atoms with Crippen LogP contribution in [-0.4, -0.2) is 193 Å². The van der Waals surface area contributed by atoms with Gasteiger partial charge < -0.3 is 89.9 Å². The van der Waals surface area contributed by atoms with Gasteiger partial charge in [-0.1, -0.05) is 345 Å². The van der Waals surface area contributed by atoms with Crippen molar-refractivity contribution in [3.05, 3.63) is 48.6 Å². The Bertz CT molecular complexity index is 2100. The van der Waals surface area contributed by atoms with Gasteiger partial charge in [0.1, 0.15) is 73.2 Å². The Hall–Kier alpha value is -2.25. The Morgan fingerprint density at radius 1 is 0.340 bits per heavy atom. The van der Waals surface area contributed by atoms with E-state index in [-0.39, 0.29) is 18.9 Å². The van der Waals surface area contributed by atoms with E-state index in [1.54, 1.807) is 6.08 Å². The smallest absolute Gasteiger partial charge is 0.220 e. The highest BCUT2D eigenvalue weighted by Gasteiger charge is 2.54. The van der Waals surface area contributed by atoms with Crippen molar-refractivity contribution in [3.63, 3.8) is 0 Å². The van der Waals surface area contributed by atoms with Gasteiger partial charge >= 0.3 is 0 Å². The molecule has 0 aromatic heterocycles. The molecule has 0 aliphatic carbocycles. The third-order valence-corrected chi connectivity index (χ3v) is 21.8. The van der Waals surface area contributed by atoms with E-state index in [0.29, 0.717) is 12.8 Å². The summed E-state index contributed by atoms with van der Waals surface area (Å²) in [7, 11) is 0. The summed E-state index contributed by atoms with van der Waals surface area (Å²) in [4.78, 5) is 13.5. The number of allylic oxidation sites excluding steroid dienone is 7. The van der Waals surface area contributed by atoms with Gasteiger partial charge in [0, 0.05) is 6.42 Å². The molecule has 19 heteroatoms. The second-order valence-corrected chi connectivity index (χ2v) is 31.3. The first-order valence-electron chi connectivity index (χ1n) is 43.9. The van der Waals surface area contributed by atoms with Gasteiger partial charge in [-0.25, -0.2) is 0 Å². The zero-order chi connectivity index (χ0) is 76.7. The molecule has 3 rings (SSSR count). The molecule has 17 atom stereocenters. The predicted octanol–water partition coefficient (Wildman–Crippen LogP) is 16.0. The molecule has 3 fully saturated rings. The minimum atomic E-state index is -1.98. The summed E-state index contributed by atoms with van der Waals surface area (Å²) >= 11 is 0. The second-order valence-electron chi connectivity index (χ2n) is 31.3. The maximum atomic E-state index is 13.5. The molecule has 0 aromatic carbocycles. The summed E-state index contributed by atoms with van der Waals surface area (Å²) in [5.74, 6) is -0.278. The molecular weight excluding hydrogens is 1350 g/mol. The van der Waals surface area contributed by atoms with Crippen molar-refractivity contribution in [2.24, 2.45) is 0 Å². The Morgan fingerprint density at radius 2 is 0.632 bits per heavy atom. The molecule has 0 saturated carbocycles. The number of carbonyl (C=O) groups is 1. The highest BCUT2D eigenvalue weighted by atomic mass is 16.8. The third-order valence-electron chi connectivity index (χ3n) is 21.8. The quantitative estimate of drug-likeness (QED) is 0.0199. The fraction of sp³-hybridized carbons (Fsp3) is 0.897.